The summed E-state index contributed by atoms with van der Waals surface area (Å²) in [5.41, 5.74) is 2.00. The Labute approximate surface area is 167 Å². The molecule has 3 rings (SSSR count). The Morgan fingerprint density at radius 2 is 2.00 bits per heavy atom. The van der Waals surface area contributed by atoms with E-state index in [1.807, 2.05) is 38.1 Å². The minimum Gasteiger partial charge on any atom is -0.494 e. The molecule has 28 heavy (non-hydrogen) atoms. The van der Waals surface area contributed by atoms with Crippen molar-refractivity contribution < 1.29 is 19.4 Å². The van der Waals surface area contributed by atoms with Crippen LogP contribution in [0, 0.1) is 6.92 Å². The molecule has 0 amide bonds. The summed E-state index contributed by atoms with van der Waals surface area (Å²) in [6.07, 6.45) is 0.751. The van der Waals surface area contributed by atoms with E-state index in [1.165, 1.54) is 5.56 Å². The molecule has 1 atom stereocenters. The lowest BCUT2D eigenvalue weighted by Crippen LogP contribution is -2.52. The molecule has 1 aliphatic heterocycles. The third-order valence-electron chi connectivity index (χ3n) is 5.31. The number of hydrogen-bond acceptors (Lipinski definition) is 6. The number of rotatable bonds is 9. The van der Waals surface area contributed by atoms with Crippen LogP contribution in [0.15, 0.2) is 34.7 Å². The maximum atomic E-state index is 9.63. The minimum absolute atomic E-state index is 0.0212. The largest absolute Gasteiger partial charge is 0.494 e. The normalized spacial score (nSPS) is 18.5. The first-order valence-electron chi connectivity index (χ1n) is 10.1. The smallest absolute Gasteiger partial charge is 0.124 e. The Balaban J connectivity index is 1.63. The molecule has 2 aromatic rings. The fourth-order valence-corrected chi connectivity index (χ4v) is 3.91. The summed E-state index contributed by atoms with van der Waals surface area (Å²) in [7, 11) is 0. The average molecular weight is 389 g/mol. The SMILES string of the molecule is CCOc1ccc(CN2CCN(Cc3ccc(C)o3)[C@H](CCO)C2)cc1CO. The fourth-order valence-electron chi connectivity index (χ4n) is 3.91. The van der Waals surface area contributed by atoms with Gasteiger partial charge in [-0.15, -0.1) is 0 Å². The zero-order chi connectivity index (χ0) is 19.9. The fraction of sp³-hybridized carbons (Fsp3) is 0.545. The number of aryl methyl sites for hydroxylation is 1. The lowest BCUT2D eigenvalue weighted by atomic mass is 10.1. The summed E-state index contributed by atoms with van der Waals surface area (Å²) < 4.78 is 11.3. The summed E-state index contributed by atoms with van der Waals surface area (Å²) in [5.74, 6) is 2.67. The summed E-state index contributed by atoms with van der Waals surface area (Å²) in [6, 6.07) is 10.4. The van der Waals surface area contributed by atoms with E-state index in [0.717, 1.165) is 62.0 Å². The maximum absolute atomic E-state index is 9.63. The molecule has 1 fully saturated rings. The summed E-state index contributed by atoms with van der Waals surface area (Å²) in [4.78, 5) is 4.82. The van der Waals surface area contributed by atoms with Gasteiger partial charge in [-0.05, 0) is 50.1 Å². The van der Waals surface area contributed by atoms with Crippen LogP contribution in [0.5, 0.6) is 5.75 Å². The Hall–Kier alpha value is -1.86. The minimum atomic E-state index is -0.0212. The highest BCUT2D eigenvalue weighted by atomic mass is 16.5. The number of nitrogens with zero attached hydrogens (tertiary/aromatic N) is 2. The number of aliphatic hydroxyl groups is 2. The van der Waals surface area contributed by atoms with E-state index in [4.69, 9.17) is 9.15 Å². The number of hydrogen-bond donors (Lipinski definition) is 2. The van der Waals surface area contributed by atoms with Crippen LogP contribution in [0.3, 0.4) is 0 Å². The quantitative estimate of drug-likeness (QED) is 0.688. The maximum Gasteiger partial charge on any atom is 0.124 e. The van der Waals surface area contributed by atoms with Gasteiger partial charge in [-0.2, -0.15) is 0 Å². The van der Waals surface area contributed by atoms with Gasteiger partial charge in [-0.3, -0.25) is 9.80 Å². The molecule has 6 heteroatoms. The molecule has 154 valence electrons. The standard InChI is InChI=1S/C22H32N2O4/c1-3-27-22-7-5-18(12-19(22)16-26)13-23-9-10-24(20(14-23)8-11-25)15-21-6-4-17(2)28-21/h4-7,12,20,25-26H,3,8-11,13-16H2,1-2H3/t20-/m1/s1. The second-order valence-electron chi connectivity index (χ2n) is 7.42. The van der Waals surface area contributed by atoms with Crippen LogP contribution in [-0.2, 0) is 19.7 Å². The van der Waals surface area contributed by atoms with E-state index in [1.54, 1.807) is 0 Å². The molecule has 0 aliphatic carbocycles. The van der Waals surface area contributed by atoms with Gasteiger partial charge in [0.05, 0.1) is 19.8 Å². The number of furan rings is 1. The molecule has 0 saturated carbocycles. The number of piperazine rings is 1. The first-order chi connectivity index (χ1) is 13.6. The molecule has 0 spiro atoms. The second kappa shape index (κ2) is 10.1. The number of benzene rings is 1. The zero-order valence-electron chi connectivity index (χ0n) is 16.9. The van der Waals surface area contributed by atoms with E-state index in [-0.39, 0.29) is 13.2 Å². The predicted molar refractivity (Wildman–Crippen MR) is 108 cm³/mol. The molecule has 1 aromatic heterocycles. The molecule has 0 unspecified atom stereocenters. The topological polar surface area (TPSA) is 69.3 Å². The van der Waals surface area contributed by atoms with Crippen LogP contribution in [0.4, 0.5) is 0 Å². The molecular formula is C22H32N2O4. The van der Waals surface area contributed by atoms with Crippen LogP contribution in [0.2, 0.25) is 0 Å². The third kappa shape index (κ3) is 5.35. The van der Waals surface area contributed by atoms with Crippen LogP contribution < -0.4 is 4.74 Å². The summed E-state index contributed by atoms with van der Waals surface area (Å²) in [5, 5.41) is 19.1. The van der Waals surface area contributed by atoms with Gasteiger partial charge in [0.2, 0.25) is 0 Å². The van der Waals surface area contributed by atoms with E-state index in [0.29, 0.717) is 12.6 Å². The van der Waals surface area contributed by atoms with Crippen molar-refractivity contribution in [1.82, 2.24) is 9.80 Å². The van der Waals surface area contributed by atoms with Gasteiger partial charge in [0.1, 0.15) is 17.3 Å². The van der Waals surface area contributed by atoms with Gasteiger partial charge < -0.3 is 19.4 Å². The average Bonchev–Trinajstić information content (AvgIpc) is 3.10. The highest BCUT2D eigenvalue weighted by Crippen LogP contribution is 2.23. The Kier molecular flexibility index (Phi) is 7.50. The Morgan fingerprint density at radius 3 is 2.68 bits per heavy atom. The molecular weight excluding hydrogens is 356 g/mol. The van der Waals surface area contributed by atoms with Gasteiger partial charge in [0.15, 0.2) is 0 Å². The number of aliphatic hydroxyl groups excluding tert-OH is 2. The van der Waals surface area contributed by atoms with Crippen LogP contribution >= 0.6 is 0 Å². The Morgan fingerprint density at radius 1 is 1.14 bits per heavy atom. The van der Waals surface area contributed by atoms with E-state index < -0.39 is 0 Å². The number of ether oxygens (including phenoxy) is 1. The van der Waals surface area contributed by atoms with E-state index >= 15 is 0 Å². The molecule has 6 nitrogen and oxygen atoms in total. The van der Waals surface area contributed by atoms with Crippen molar-refractivity contribution in [2.75, 3.05) is 32.8 Å². The van der Waals surface area contributed by atoms with Crippen LogP contribution in [0.25, 0.3) is 0 Å². The van der Waals surface area contributed by atoms with Gasteiger partial charge in [-0.1, -0.05) is 6.07 Å². The monoisotopic (exact) mass is 388 g/mol. The van der Waals surface area contributed by atoms with E-state index in [2.05, 4.69) is 15.9 Å². The highest BCUT2D eigenvalue weighted by molar-refractivity contribution is 5.37. The highest BCUT2D eigenvalue weighted by Gasteiger charge is 2.27. The summed E-state index contributed by atoms with van der Waals surface area (Å²) in [6.45, 7) is 9.07. The lowest BCUT2D eigenvalue weighted by Gasteiger charge is -2.41. The van der Waals surface area contributed by atoms with E-state index in [9.17, 15) is 10.2 Å². The van der Waals surface area contributed by atoms with Crippen molar-refractivity contribution in [3.63, 3.8) is 0 Å². The van der Waals surface area contributed by atoms with Crippen molar-refractivity contribution in [1.29, 1.82) is 0 Å². The van der Waals surface area contributed by atoms with Crippen molar-refractivity contribution in [3.8, 4) is 5.75 Å². The van der Waals surface area contributed by atoms with Gasteiger partial charge in [0.25, 0.3) is 0 Å². The molecule has 2 N–H and O–H groups in total. The lowest BCUT2D eigenvalue weighted by molar-refractivity contribution is 0.0454. The van der Waals surface area contributed by atoms with Crippen molar-refractivity contribution in [3.05, 3.63) is 53.0 Å². The van der Waals surface area contributed by atoms with Crippen molar-refractivity contribution in [2.24, 2.45) is 0 Å². The molecule has 0 bridgehead atoms. The third-order valence-corrected chi connectivity index (χ3v) is 5.31. The first kappa shape index (κ1) is 20.9. The van der Waals surface area contributed by atoms with Crippen LogP contribution in [-0.4, -0.2) is 58.9 Å². The molecule has 1 aromatic carbocycles. The molecule has 1 saturated heterocycles. The van der Waals surface area contributed by atoms with Crippen LogP contribution in [0.1, 0.15) is 36.0 Å². The molecule has 1 aliphatic rings. The van der Waals surface area contributed by atoms with Gasteiger partial charge in [0, 0.05) is 44.4 Å². The van der Waals surface area contributed by atoms with Crippen molar-refractivity contribution >= 4 is 0 Å². The Bertz CT molecular complexity index is 746. The molecule has 2 heterocycles. The van der Waals surface area contributed by atoms with Gasteiger partial charge in [-0.25, -0.2) is 0 Å². The first-order valence-corrected chi connectivity index (χ1v) is 10.1. The van der Waals surface area contributed by atoms with Gasteiger partial charge >= 0.3 is 0 Å². The molecule has 0 radical (unpaired) electrons. The second-order valence-corrected chi connectivity index (χ2v) is 7.42. The zero-order valence-corrected chi connectivity index (χ0v) is 16.9. The summed E-state index contributed by atoms with van der Waals surface area (Å²) >= 11 is 0. The van der Waals surface area contributed by atoms with Crippen molar-refractivity contribution in [2.45, 2.75) is 46.0 Å². The predicted octanol–water partition coefficient (Wildman–Crippen LogP) is 2.55.